The van der Waals surface area contributed by atoms with Gasteiger partial charge in [0.25, 0.3) is 0 Å². The van der Waals surface area contributed by atoms with E-state index >= 15 is 0 Å². The van der Waals surface area contributed by atoms with E-state index in [0.29, 0.717) is 6.04 Å². The van der Waals surface area contributed by atoms with Gasteiger partial charge in [-0.15, -0.1) is 0 Å². The van der Waals surface area contributed by atoms with E-state index in [9.17, 15) is 5.11 Å². The second kappa shape index (κ2) is 5.50. The average molecular weight is 257 g/mol. The molecule has 1 saturated heterocycles. The lowest BCUT2D eigenvalue weighted by molar-refractivity contribution is 0.0452. The lowest BCUT2D eigenvalue weighted by atomic mass is 9.70. The molecule has 0 aromatic rings. The Labute approximate surface area is 110 Å². The molecule has 0 spiro atoms. The molecule has 0 bridgehead atoms. The molecule has 0 amide bonds. The number of hydrogen-bond acceptors (Lipinski definition) is 3. The Kier molecular flexibility index (Phi) is 4.43. The minimum absolute atomic E-state index is 0.0576. The van der Waals surface area contributed by atoms with E-state index in [1.165, 1.54) is 44.3 Å². The second-order valence-corrected chi connectivity index (χ2v) is 7.51. The smallest absolute Gasteiger partial charge is 0.0626 e. The quantitative estimate of drug-likeness (QED) is 0.815. The van der Waals surface area contributed by atoms with Gasteiger partial charge in [0, 0.05) is 11.8 Å². The van der Waals surface area contributed by atoms with Crippen LogP contribution in [-0.2, 0) is 0 Å². The van der Waals surface area contributed by atoms with Crippen molar-refractivity contribution in [2.75, 3.05) is 18.1 Å². The van der Waals surface area contributed by atoms with Crippen molar-refractivity contribution in [3.05, 3.63) is 0 Å². The standard InChI is InChI=1S/C14H27NOS/c1-13(2)8-9-17-11-14(13,10-16)15-12-6-4-3-5-7-12/h12,15-16H,3-11H2,1-2H3. The minimum Gasteiger partial charge on any atom is -0.394 e. The first-order chi connectivity index (χ1) is 8.10. The summed E-state index contributed by atoms with van der Waals surface area (Å²) < 4.78 is 0. The highest BCUT2D eigenvalue weighted by Gasteiger charge is 2.47. The topological polar surface area (TPSA) is 32.3 Å². The van der Waals surface area contributed by atoms with Crippen LogP contribution in [0.1, 0.15) is 52.4 Å². The Morgan fingerprint density at radius 2 is 1.94 bits per heavy atom. The number of aliphatic hydroxyl groups is 1. The van der Waals surface area contributed by atoms with Crippen LogP contribution in [0.2, 0.25) is 0 Å². The number of hydrogen-bond donors (Lipinski definition) is 2. The van der Waals surface area contributed by atoms with Crippen LogP contribution in [0, 0.1) is 5.41 Å². The van der Waals surface area contributed by atoms with Gasteiger partial charge < -0.3 is 10.4 Å². The molecule has 3 heteroatoms. The molecule has 0 aromatic carbocycles. The van der Waals surface area contributed by atoms with Crippen LogP contribution in [0.3, 0.4) is 0 Å². The van der Waals surface area contributed by atoms with Crippen LogP contribution in [0.5, 0.6) is 0 Å². The van der Waals surface area contributed by atoms with Crippen LogP contribution in [-0.4, -0.2) is 34.8 Å². The molecule has 0 aromatic heterocycles. The van der Waals surface area contributed by atoms with Crippen molar-refractivity contribution in [1.29, 1.82) is 0 Å². The Hall–Kier alpha value is 0.270. The second-order valence-electron chi connectivity index (χ2n) is 6.41. The zero-order valence-corrected chi connectivity index (χ0v) is 12.1. The molecule has 1 unspecified atom stereocenters. The molecule has 1 aliphatic carbocycles. The maximum absolute atomic E-state index is 9.93. The van der Waals surface area contributed by atoms with E-state index in [-0.39, 0.29) is 17.6 Å². The van der Waals surface area contributed by atoms with Gasteiger partial charge >= 0.3 is 0 Å². The summed E-state index contributed by atoms with van der Waals surface area (Å²) in [4.78, 5) is 0. The summed E-state index contributed by atoms with van der Waals surface area (Å²) in [6.07, 6.45) is 7.89. The lowest BCUT2D eigenvalue weighted by Crippen LogP contribution is -2.65. The summed E-state index contributed by atoms with van der Waals surface area (Å²) in [5, 5.41) is 13.8. The van der Waals surface area contributed by atoms with E-state index in [1.807, 2.05) is 11.8 Å². The molecular formula is C14H27NOS. The Morgan fingerprint density at radius 3 is 2.53 bits per heavy atom. The summed E-state index contributed by atoms with van der Waals surface area (Å²) in [5.74, 6) is 2.30. The normalized spacial score (nSPS) is 34.8. The summed E-state index contributed by atoms with van der Waals surface area (Å²) in [6.45, 7) is 4.92. The molecule has 0 radical (unpaired) electrons. The largest absolute Gasteiger partial charge is 0.394 e. The first-order valence-electron chi connectivity index (χ1n) is 7.06. The predicted molar refractivity (Wildman–Crippen MR) is 75.5 cm³/mol. The fourth-order valence-electron chi connectivity index (χ4n) is 3.19. The van der Waals surface area contributed by atoms with Crippen LogP contribution >= 0.6 is 11.8 Å². The highest BCUT2D eigenvalue weighted by atomic mass is 32.2. The minimum atomic E-state index is -0.0576. The van der Waals surface area contributed by atoms with Gasteiger partial charge in [0.15, 0.2) is 0 Å². The van der Waals surface area contributed by atoms with Gasteiger partial charge in [-0.05, 0) is 30.4 Å². The number of thioether (sulfide) groups is 1. The first kappa shape index (κ1) is 13.7. The molecule has 1 heterocycles. The van der Waals surface area contributed by atoms with Gasteiger partial charge in [-0.3, -0.25) is 0 Å². The third-order valence-corrected chi connectivity index (χ3v) is 6.06. The average Bonchev–Trinajstić information content (AvgIpc) is 2.33. The fourth-order valence-corrected chi connectivity index (χ4v) is 4.90. The first-order valence-corrected chi connectivity index (χ1v) is 8.21. The molecule has 2 rings (SSSR count). The molecular weight excluding hydrogens is 230 g/mol. The van der Waals surface area contributed by atoms with Gasteiger partial charge in [-0.25, -0.2) is 0 Å². The number of nitrogens with one attached hydrogen (secondary N) is 1. The Morgan fingerprint density at radius 1 is 1.24 bits per heavy atom. The third kappa shape index (κ3) is 2.82. The van der Waals surface area contributed by atoms with Crippen molar-refractivity contribution in [2.24, 2.45) is 5.41 Å². The maximum Gasteiger partial charge on any atom is 0.0626 e. The monoisotopic (exact) mass is 257 g/mol. The Balaban J connectivity index is 2.06. The number of aliphatic hydroxyl groups excluding tert-OH is 1. The van der Waals surface area contributed by atoms with Crippen molar-refractivity contribution in [3.63, 3.8) is 0 Å². The highest BCUT2D eigenvalue weighted by Crippen LogP contribution is 2.43. The van der Waals surface area contributed by atoms with E-state index < -0.39 is 0 Å². The molecule has 1 aliphatic heterocycles. The molecule has 2 aliphatic rings. The zero-order valence-electron chi connectivity index (χ0n) is 11.3. The van der Waals surface area contributed by atoms with Crippen LogP contribution < -0.4 is 5.32 Å². The molecule has 1 saturated carbocycles. The molecule has 2 fully saturated rings. The van der Waals surface area contributed by atoms with Crippen molar-refractivity contribution in [2.45, 2.75) is 64.0 Å². The van der Waals surface area contributed by atoms with E-state index in [1.54, 1.807) is 0 Å². The number of rotatable bonds is 3. The van der Waals surface area contributed by atoms with Gasteiger partial charge in [-0.2, -0.15) is 11.8 Å². The summed E-state index contributed by atoms with van der Waals surface area (Å²) >= 11 is 1.99. The molecule has 1 atom stereocenters. The van der Waals surface area contributed by atoms with Gasteiger partial charge in [-0.1, -0.05) is 33.1 Å². The SMILES string of the molecule is CC1(C)CCSCC1(CO)NC1CCCCC1. The summed E-state index contributed by atoms with van der Waals surface area (Å²) in [7, 11) is 0. The Bertz CT molecular complexity index is 251. The van der Waals surface area contributed by atoms with Crippen molar-refractivity contribution in [3.8, 4) is 0 Å². The van der Waals surface area contributed by atoms with Gasteiger partial charge in [0.05, 0.1) is 12.1 Å². The van der Waals surface area contributed by atoms with E-state index in [0.717, 1.165) is 5.75 Å². The van der Waals surface area contributed by atoms with Crippen molar-refractivity contribution in [1.82, 2.24) is 5.32 Å². The molecule has 100 valence electrons. The van der Waals surface area contributed by atoms with Gasteiger partial charge in [0.2, 0.25) is 0 Å². The molecule has 2 nitrogen and oxygen atoms in total. The van der Waals surface area contributed by atoms with E-state index in [4.69, 9.17) is 0 Å². The van der Waals surface area contributed by atoms with Crippen molar-refractivity contribution >= 4 is 11.8 Å². The lowest BCUT2D eigenvalue weighted by Gasteiger charge is -2.51. The highest BCUT2D eigenvalue weighted by molar-refractivity contribution is 7.99. The summed E-state index contributed by atoms with van der Waals surface area (Å²) in [5.41, 5.74) is 0.155. The van der Waals surface area contributed by atoms with Crippen LogP contribution in [0.4, 0.5) is 0 Å². The van der Waals surface area contributed by atoms with Gasteiger partial charge in [0.1, 0.15) is 0 Å². The third-order valence-electron chi connectivity index (χ3n) is 4.87. The summed E-state index contributed by atoms with van der Waals surface area (Å²) in [6, 6.07) is 0.633. The van der Waals surface area contributed by atoms with Crippen LogP contribution in [0.15, 0.2) is 0 Å². The van der Waals surface area contributed by atoms with E-state index in [2.05, 4.69) is 19.2 Å². The maximum atomic E-state index is 9.93. The fraction of sp³-hybridized carbons (Fsp3) is 1.00. The zero-order chi connectivity index (χ0) is 12.4. The van der Waals surface area contributed by atoms with Crippen molar-refractivity contribution < 1.29 is 5.11 Å². The van der Waals surface area contributed by atoms with Crippen LogP contribution in [0.25, 0.3) is 0 Å². The molecule has 2 N–H and O–H groups in total. The molecule has 17 heavy (non-hydrogen) atoms. The predicted octanol–water partition coefficient (Wildman–Crippen LogP) is 2.80.